The Balaban J connectivity index is 1.33. The van der Waals surface area contributed by atoms with Crippen LogP contribution in [0.15, 0.2) is 36.5 Å². The number of pyridine rings is 1. The maximum absolute atomic E-state index is 14.5. The van der Waals surface area contributed by atoms with Crippen molar-refractivity contribution in [3.05, 3.63) is 36.5 Å². The third-order valence-electron chi connectivity index (χ3n) is 12.0. The molecule has 0 bridgehead atoms. The van der Waals surface area contributed by atoms with Crippen molar-refractivity contribution in [2.75, 3.05) is 13.7 Å². The van der Waals surface area contributed by atoms with Crippen LogP contribution in [0, 0.1) is 17.8 Å². The third-order valence-corrected chi connectivity index (χ3v) is 14.2. The van der Waals surface area contributed by atoms with Crippen LogP contribution in [0.5, 0.6) is 17.4 Å². The molecule has 1 aromatic heterocycles. The van der Waals surface area contributed by atoms with Crippen molar-refractivity contribution in [3.8, 4) is 17.4 Å². The summed E-state index contributed by atoms with van der Waals surface area (Å²) in [5, 5.41) is 15.2. The summed E-state index contributed by atoms with van der Waals surface area (Å²) in [6.07, 6.45) is -2.11. The van der Waals surface area contributed by atoms with E-state index in [0.29, 0.717) is 46.0 Å². The molecule has 1 saturated heterocycles. The second-order valence-corrected chi connectivity index (χ2v) is 19.4. The number of carboxylic acid groups (broad SMARTS) is 1. The normalized spacial score (nSPS) is 27.9. The van der Waals surface area contributed by atoms with E-state index in [9.17, 15) is 50.7 Å². The number of allylic oxidation sites excluding steroid dienone is 1. The summed E-state index contributed by atoms with van der Waals surface area (Å²) in [4.78, 5) is 72.9. The van der Waals surface area contributed by atoms with E-state index >= 15 is 0 Å². The molecule has 2 aromatic rings. The van der Waals surface area contributed by atoms with Gasteiger partial charge in [-0.25, -0.2) is 23.0 Å². The largest absolute Gasteiger partial charge is 0.514 e. The molecule has 0 spiro atoms. The minimum absolute atomic E-state index is 0.0282. The van der Waals surface area contributed by atoms with Crippen molar-refractivity contribution < 1.29 is 69.6 Å². The molecule has 6 rings (SSSR count). The van der Waals surface area contributed by atoms with Gasteiger partial charge in [0.25, 0.3) is 5.91 Å². The van der Waals surface area contributed by atoms with Crippen LogP contribution in [0.4, 0.5) is 22.8 Å². The first-order chi connectivity index (χ1) is 28.4. The maximum Gasteiger partial charge on any atom is 0.514 e. The first-order valence-electron chi connectivity index (χ1n) is 19.9. The summed E-state index contributed by atoms with van der Waals surface area (Å²) < 4.78 is 89.1. The predicted octanol–water partition coefficient (Wildman–Crippen LogP) is 4.97. The van der Waals surface area contributed by atoms with E-state index in [2.05, 4.69) is 25.1 Å². The number of hydrogen-bond donors (Lipinski definition) is 4. The van der Waals surface area contributed by atoms with Gasteiger partial charge in [-0.15, -0.1) is 0 Å². The van der Waals surface area contributed by atoms with Gasteiger partial charge in [-0.05, 0) is 89.3 Å². The van der Waals surface area contributed by atoms with Gasteiger partial charge >= 0.3 is 18.4 Å². The smallest absolute Gasteiger partial charge is 0.497 e. The fraction of sp³-hybridized carbons (Fsp3) is 0.600. The zero-order chi connectivity index (χ0) is 44.9. The first kappa shape index (κ1) is 45.2. The van der Waals surface area contributed by atoms with Crippen molar-refractivity contribution in [2.24, 2.45) is 17.8 Å². The van der Waals surface area contributed by atoms with Crippen LogP contribution in [0.3, 0.4) is 0 Å². The highest BCUT2D eigenvalue weighted by molar-refractivity contribution is 7.91. The summed E-state index contributed by atoms with van der Waals surface area (Å²) in [5.74, 6) is -3.67. The molecule has 1 aromatic carbocycles. The van der Waals surface area contributed by atoms with Crippen molar-refractivity contribution in [1.29, 1.82) is 0 Å². The molecule has 0 unspecified atom stereocenters. The number of fused-ring (bicyclic) bond motifs is 3. The fourth-order valence-corrected chi connectivity index (χ4v) is 9.05. The Bertz CT molecular complexity index is 2230. The molecule has 2 aliphatic heterocycles. The van der Waals surface area contributed by atoms with E-state index < -0.39 is 92.1 Å². The Morgan fingerprint density at radius 2 is 1.79 bits per heavy atom. The van der Waals surface area contributed by atoms with Gasteiger partial charge in [-0.1, -0.05) is 26.0 Å². The Morgan fingerprint density at radius 1 is 1.08 bits per heavy atom. The second-order valence-electron chi connectivity index (χ2n) is 17.2. The Hall–Kier alpha value is -5.34. The highest BCUT2D eigenvalue weighted by Crippen LogP contribution is 2.48. The van der Waals surface area contributed by atoms with Crippen LogP contribution in [-0.2, 0) is 29.1 Å². The molecule has 4 amide bonds. The van der Waals surface area contributed by atoms with Crippen LogP contribution >= 0.6 is 0 Å². The molecular weight excluding hydrogens is 832 g/mol. The molecule has 2 saturated carbocycles. The second kappa shape index (κ2) is 16.5. The minimum atomic E-state index is -4.91. The molecule has 0 radical (unpaired) electrons. The van der Waals surface area contributed by atoms with E-state index in [0.717, 1.165) is 6.20 Å². The number of benzene rings is 1. The van der Waals surface area contributed by atoms with Crippen molar-refractivity contribution >= 4 is 50.8 Å². The van der Waals surface area contributed by atoms with Gasteiger partial charge in [-0.2, -0.15) is 13.2 Å². The van der Waals surface area contributed by atoms with Gasteiger partial charge in [0.05, 0.1) is 24.6 Å². The van der Waals surface area contributed by atoms with Gasteiger partial charge in [0.1, 0.15) is 29.5 Å². The SMILES string of the molecule is COc1ccc2c(O[C@@H]3C[C@H]4C(=O)N[C@]5(C(=O)NS(=O)(=O)C6(C)CC6)C[C@H]5C=CCC[C@@H](C)C[C@@H](C)[C@H](NC(=O)O)C(=O)N4C3)ncc(OC(=O)OC(C)(C)C(F)(F)F)c2c1. The van der Waals surface area contributed by atoms with E-state index in [4.69, 9.17) is 14.2 Å². The molecule has 61 heavy (non-hydrogen) atoms. The first-order valence-corrected chi connectivity index (χ1v) is 21.3. The number of halogens is 3. The third kappa shape index (κ3) is 9.45. The number of aromatic nitrogens is 1. The zero-order valence-electron chi connectivity index (χ0n) is 34.5. The number of ether oxygens (including phenoxy) is 4. The number of sulfonamides is 1. The number of rotatable bonds is 9. The van der Waals surface area contributed by atoms with Crippen LogP contribution in [0.1, 0.15) is 79.6 Å². The van der Waals surface area contributed by atoms with Gasteiger partial charge in [0.15, 0.2) is 5.75 Å². The number of nitrogens with one attached hydrogen (secondary N) is 3. The van der Waals surface area contributed by atoms with E-state index in [1.807, 2.05) is 13.0 Å². The molecule has 21 heteroatoms. The standard InChI is InChI=1S/C40H50F3N5O12S/c1-21-9-7-8-10-23-18-39(23,34(51)47-61(55,56)38(5)13-14-38)46-31(49)28-17-25(20-48(28)33(50)30(22(2)15-21)45-35(52)53)58-32-26-12-11-24(57-6)16-27(26)29(19-44-32)59-36(54)60-37(3,4)40(41,42)43/h8,10-12,16,19,21-23,25,28,30,45H,7,9,13-15,17-18,20H2,1-6H3,(H,46,49)(H,47,51)(H,52,53)/t21-,22-,23-,25-,28+,30+,39-/m1/s1. The number of carbonyl (C=O) groups excluding carboxylic acids is 4. The number of alkyl halides is 3. The van der Waals surface area contributed by atoms with Crippen LogP contribution in [0.25, 0.3) is 10.8 Å². The number of nitrogens with zero attached hydrogens (tertiary/aromatic N) is 2. The number of hydrogen-bond acceptors (Lipinski definition) is 12. The summed E-state index contributed by atoms with van der Waals surface area (Å²) >= 11 is 0. The molecule has 17 nitrogen and oxygen atoms in total. The average Bonchev–Trinajstić information content (AvgIpc) is 4.05. The maximum atomic E-state index is 14.5. The fourth-order valence-electron chi connectivity index (χ4n) is 7.74. The average molecular weight is 882 g/mol. The predicted molar refractivity (Wildman–Crippen MR) is 210 cm³/mol. The Labute approximate surface area is 350 Å². The van der Waals surface area contributed by atoms with E-state index in [-0.39, 0.29) is 53.5 Å². The molecule has 3 fully saturated rings. The van der Waals surface area contributed by atoms with Gasteiger partial charge in [-0.3, -0.25) is 19.1 Å². The lowest BCUT2D eigenvalue weighted by Gasteiger charge is -2.32. The van der Waals surface area contributed by atoms with Crippen LogP contribution < -0.4 is 29.6 Å². The monoisotopic (exact) mass is 881 g/mol. The highest BCUT2D eigenvalue weighted by Gasteiger charge is 2.63. The quantitative estimate of drug-likeness (QED) is 0.193. The number of methoxy groups -OCH3 is 1. The lowest BCUT2D eigenvalue weighted by Crippen LogP contribution is -2.59. The summed E-state index contributed by atoms with van der Waals surface area (Å²) in [6, 6.07) is 1.76. The number of carbonyl (C=O) groups is 5. The molecule has 7 atom stereocenters. The molecule has 334 valence electrons. The Kier molecular flexibility index (Phi) is 12.2. The van der Waals surface area contributed by atoms with Gasteiger partial charge in [0, 0.05) is 23.1 Å². The van der Waals surface area contributed by atoms with Gasteiger partial charge < -0.3 is 39.6 Å². The lowest BCUT2D eigenvalue weighted by atomic mass is 9.88. The molecule has 4 aliphatic rings. The van der Waals surface area contributed by atoms with Crippen molar-refractivity contribution in [2.45, 2.75) is 120 Å². The van der Waals surface area contributed by atoms with Crippen molar-refractivity contribution in [3.63, 3.8) is 0 Å². The number of amides is 4. The van der Waals surface area contributed by atoms with E-state index in [1.165, 1.54) is 37.1 Å². The lowest BCUT2D eigenvalue weighted by molar-refractivity contribution is -0.247. The summed E-state index contributed by atoms with van der Waals surface area (Å²) in [5.41, 5.74) is -4.55. The van der Waals surface area contributed by atoms with Gasteiger partial charge in [0.2, 0.25) is 33.3 Å². The molecule has 4 N–H and O–H groups in total. The summed E-state index contributed by atoms with van der Waals surface area (Å²) in [6.45, 7) is 6.25. The topological polar surface area (TPSA) is 229 Å². The zero-order valence-corrected chi connectivity index (χ0v) is 35.3. The minimum Gasteiger partial charge on any atom is -0.497 e. The van der Waals surface area contributed by atoms with Crippen LogP contribution in [0.2, 0.25) is 0 Å². The van der Waals surface area contributed by atoms with Crippen molar-refractivity contribution in [1.82, 2.24) is 25.2 Å². The molecular formula is C40H50F3N5O12S. The summed E-state index contributed by atoms with van der Waals surface area (Å²) in [7, 11) is -2.74. The molecule has 3 heterocycles. The van der Waals surface area contributed by atoms with Crippen LogP contribution in [-0.4, -0.2) is 107 Å². The Morgan fingerprint density at radius 3 is 2.43 bits per heavy atom. The highest BCUT2D eigenvalue weighted by atomic mass is 32.2. The van der Waals surface area contributed by atoms with E-state index in [1.54, 1.807) is 13.0 Å². The molecule has 2 aliphatic carbocycles.